The van der Waals surface area contributed by atoms with Gasteiger partial charge in [-0.05, 0) is 44.0 Å². The Morgan fingerprint density at radius 2 is 1.92 bits per heavy atom. The van der Waals surface area contributed by atoms with Gasteiger partial charge in [0.1, 0.15) is 4.21 Å². The highest BCUT2D eigenvalue weighted by atomic mass is 32.2. The van der Waals surface area contributed by atoms with Crippen LogP contribution in [-0.4, -0.2) is 27.4 Å². The summed E-state index contributed by atoms with van der Waals surface area (Å²) in [6, 6.07) is 9.30. The van der Waals surface area contributed by atoms with Crippen molar-refractivity contribution in [2.24, 2.45) is 0 Å². The first kappa shape index (κ1) is 19.6. The molecule has 0 atom stereocenters. The molecule has 0 fully saturated rings. The maximum Gasteiger partial charge on any atom is 0.250 e. The van der Waals surface area contributed by atoms with Gasteiger partial charge in [-0.15, -0.1) is 11.3 Å². The zero-order valence-corrected chi connectivity index (χ0v) is 16.6. The summed E-state index contributed by atoms with van der Waals surface area (Å²) in [4.78, 5) is 14.6. The second-order valence-corrected chi connectivity index (χ2v) is 9.09. The fourth-order valence-corrected chi connectivity index (χ4v) is 4.97. The number of hydrogen-bond acceptors (Lipinski definition) is 4. The molecule has 5 nitrogen and oxygen atoms in total. The number of aryl methyl sites for hydroxylation is 3. The fraction of sp³-hybridized carbons (Fsp3) is 0.389. The lowest BCUT2D eigenvalue weighted by molar-refractivity contribution is -0.116. The van der Waals surface area contributed by atoms with Crippen molar-refractivity contribution < 1.29 is 13.2 Å². The van der Waals surface area contributed by atoms with Gasteiger partial charge in [-0.3, -0.25) is 4.79 Å². The number of benzene rings is 1. The van der Waals surface area contributed by atoms with Crippen LogP contribution in [0.5, 0.6) is 0 Å². The van der Waals surface area contributed by atoms with Crippen molar-refractivity contribution in [2.75, 3.05) is 18.0 Å². The molecule has 0 unspecified atom stereocenters. The van der Waals surface area contributed by atoms with E-state index in [2.05, 4.69) is 4.72 Å². The highest BCUT2D eigenvalue weighted by molar-refractivity contribution is 7.91. The van der Waals surface area contributed by atoms with Gasteiger partial charge in [0, 0.05) is 30.6 Å². The summed E-state index contributed by atoms with van der Waals surface area (Å²) in [7, 11) is -3.54. The molecule has 0 aliphatic rings. The summed E-state index contributed by atoms with van der Waals surface area (Å²) < 4.78 is 27.6. The third-order valence-electron chi connectivity index (χ3n) is 3.90. The number of anilines is 1. The molecule has 1 N–H and O–H groups in total. The van der Waals surface area contributed by atoms with E-state index in [9.17, 15) is 13.2 Å². The van der Waals surface area contributed by atoms with Crippen LogP contribution in [0.15, 0.2) is 34.5 Å². The molecule has 25 heavy (non-hydrogen) atoms. The summed E-state index contributed by atoms with van der Waals surface area (Å²) in [6.07, 6.45) is 0.811. The molecule has 1 heterocycles. The van der Waals surface area contributed by atoms with Gasteiger partial charge in [-0.25, -0.2) is 13.1 Å². The third kappa shape index (κ3) is 4.90. The Hall–Kier alpha value is -1.70. The molecule has 0 aliphatic heterocycles. The summed E-state index contributed by atoms with van der Waals surface area (Å²) in [6.45, 7) is 7.86. The van der Waals surface area contributed by atoms with Crippen molar-refractivity contribution in [1.82, 2.24) is 4.72 Å². The quantitative estimate of drug-likeness (QED) is 0.802. The monoisotopic (exact) mass is 380 g/mol. The van der Waals surface area contributed by atoms with E-state index in [1.165, 1.54) is 18.3 Å². The minimum atomic E-state index is -3.54. The molecule has 1 aromatic carbocycles. The lowest BCUT2D eigenvalue weighted by Gasteiger charge is -2.23. The number of rotatable bonds is 7. The molecule has 0 saturated heterocycles. The molecular weight excluding hydrogens is 356 g/mol. The molecule has 0 spiro atoms. The average Bonchev–Trinajstić information content (AvgIpc) is 3.02. The van der Waals surface area contributed by atoms with E-state index in [1.807, 2.05) is 45.0 Å². The van der Waals surface area contributed by atoms with E-state index in [-0.39, 0.29) is 19.0 Å². The number of carbonyl (C=O) groups is 1. The molecule has 0 aliphatic carbocycles. The van der Waals surface area contributed by atoms with Gasteiger partial charge in [-0.2, -0.15) is 0 Å². The lowest BCUT2D eigenvalue weighted by Crippen LogP contribution is -2.37. The Morgan fingerprint density at radius 3 is 2.48 bits per heavy atom. The number of nitrogens with one attached hydrogen (secondary N) is 1. The van der Waals surface area contributed by atoms with Crippen LogP contribution in [-0.2, 0) is 21.2 Å². The van der Waals surface area contributed by atoms with Gasteiger partial charge >= 0.3 is 0 Å². The number of hydrogen-bond donors (Lipinski definition) is 1. The van der Waals surface area contributed by atoms with Crippen molar-refractivity contribution >= 4 is 33.0 Å². The maximum absolute atomic E-state index is 12.4. The third-order valence-corrected chi connectivity index (χ3v) is 7.08. The van der Waals surface area contributed by atoms with Crippen LogP contribution in [0.25, 0.3) is 0 Å². The number of amides is 1. The zero-order valence-electron chi connectivity index (χ0n) is 15.0. The fourth-order valence-electron chi connectivity index (χ4n) is 2.61. The molecular formula is C18H24N2O3S2. The van der Waals surface area contributed by atoms with Gasteiger partial charge < -0.3 is 4.90 Å². The van der Waals surface area contributed by atoms with Gasteiger partial charge in [-0.1, -0.05) is 24.6 Å². The largest absolute Gasteiger partial charge is 0.311 e. The Labute approximate surface area is 153 Å². The molecule has 136 valence electrons. The number of thiophene rings is 1. The average molecular weight is 381 g/mol. The SMILES string of the molecule is CCc1ccc(S(=O)(=O)NCCN(C(C)=O)c2ccc(C)cc2C)s1. The molecule has 0 bridgehead atoms. The van der Waals surface area contributed by atoms with Crippen molar-refractivity contribution in [2.45, 2.75) is 38.3 Å². The molecule has 2 aromatic rings. The predicted octanol–water partition coefficient (Wildman–Crippen LogP) is 3.26. The van der Waals surface area contributed by atoms with E-state index in [1.54, 1.807) is 11.0 Å². The Morgan fingerprint density at radius 1 is 1.20 bits per heavy atom. The summed E-state index contributed by atoms with van der Waals surface area (Å²) in [5.74, 6) is -0.115. The second-order valence-electron chi connectivity index (χ2n) is 5.93. The summed E-state index contributed by atoms with van der Waals surface area (Å²) in [5.41, 5.74) is 2.92. The molecule has 7 heteroatoms. The molecule has 0 radical (unpaired) electrons. The number of carbonyl (C=O) groups excluding carboxylic acids is 1. The van der Waals surface area contributed by atoms with Crippen LogP contribution in [0, 0.1) is 13.8 Å². The van der Waals surface area contributed by atoms with E-state index in [4.69, 9.17) is 0 Å². The minimum absolute atomic E-state index is 0.115. The van der Waals surface area contributed by atoms with Crippen molar-refractivity contribution in [3.63, 3.8) is 0 Å². The van der Waals surface area contributed by atoms with Crippen LogP contribution in [0.2, 0.25) is 0 Å². The predicted molar refractivity (Wildman–Crippen MR) is 103 cm³/mol. The van der Waals surface area contributed by atoms with Gasteiger partial charge in [0.25, 0.3) is 0 Å². The minimum Gasteiger partial charge on any atom is -0.311 e. The standard InChI is InChI=1S/C18H24N2O3S2/c1-5-16-7-9-18(24-16)25(22,23)19-10-11-20(15(4)21)17-8-6-13(2)12-14(17)3/h6-9,12,19H,5,10-11H2,1-4H3. The molecule has 1 amide bonds. The van der Waals surface area contributed by atoms with Gasteiger partial charge in [0.2, 0.25) is 15.9 Å². The van der Waals surface area contributed by atoms with Crippen LogP contribution >= 0.6 is 11.3 Å². The van der Waals surface area contributed by atoms with Crippen LogP contribution in [0.1, 0.15) is 29.9 Å². The van der Waals surface area contributed by atoms with E-state index in [0.29, 0.717) is 4.21 Å². The normalized spacial score (nSPS) is 11.5. The maximum atomic E-state index is 12.4. The zero-order chi connectivity index (χ0) is 18.6. The first-order valence-corrected chi connectivity index (χ1v) is 10.5. The van der Waals surface area contributed by atoms with Crippen LogP contribution < -0.4 is 9.62 Å². The second kappa shape index (κ2) is 8.12. The van der Waals surface area contributed by atoms with Crippen LogP contribution in [0.3, 0.4) is 0 Å². The van der Waals surface area contributed by atoms with Crippen LogP contribution in [0.4, 0.5) is 5.69 Å². The van der Waals surface area contributed by atoms with Crippen molar-refractivity contribution in [3.8, 4) is 0 Å². The topological polar surface area (TPSA) is 66.5 Å². The van der Waals surface area contributed by atoms with Gasteiger partial charge in [0.15, 0.2) is 0 Å². The van der Waals surface area contributed by atoms with E-state index >= 15 is 0 Å². The van der Waals surface area contributed by atoms with E-state index in [0.717, 1.165) is 28.1 Å². The smallest absolute Gasteiger partial charge is 0.250 e. The Kier molecular flexibility index (Phi) is 6.37. The van der Waals surface area contributed by atoms with E-state index < -0.39 is 10.0 Å². The summed E-state index contributed by atoms with van der Waals surface area (Å²) in [5, 5.41) is 0. The highest BCUT2D eigenvalue weighted by Gasteiger charge is 2.18. The van der Waals surface area contributed by atoms with Crippen molar-refractivity contribution in [3.05, 3.63) is 46.3 Å². The van der Waals surface area contributed by atoms with Crippen molar-refractivity contribution in [1.29, 1.82) is 0 Å². The first-order chi connectivity index (χ1) is 11.7. The van der Waals surface area contributed by atoms with Gasteiger partial charge in [0.05, 0.1) is 0 Å². The number of sulfonamides is 1. The Balaban J connectivity index is 2.08. The molecule has 2 rings (SSSR count). The number of nitrogens with zero attached hydrogens (tertiary/aromatic N) is 1. The summed E-state index contributed by atoms with van der Waals surface area (Å²) >= 11 is 1.27. The Bertz CT molecular complexity index is 857. The molecule has 0 saturated carbocycles. The highest BCUT2D eigenvalue weighted by Crippen LogP contribution is 2.23. The lowest BCUT2D eigenvalue weighted by atomic mass is 10.1. The molecule has 1 aromatic heterocycles. The first-order valence-electron chi connectivity index (χ1n) is 8.18.